The maximum atomic E-state index is 12.8. The lowest BCUT2D eigenvalue weighted by atomic mass is 10.2. The molecule has 5 nitrogen and oxygen atoms in total. The van der Waals surface area contributed by atoms with Crippen LogP contribution < -0.4 is 10.9 Å². The van der Waals surface area contributed by atoms with Gasteiger partial charge in [-0.2, -0.15) is 13.2 Å². The van der Waals surface area contributed by atoms with Crippen molar-refractivity contribution in [2.75, 3.05) is 5.43 Å². The van der Waals surface area contributed by atoms with Gasteiger partial charge in [-0.15, -0.1) is 0 Å². The molecule has 1 aliphatic carbocycles. The number of carbonyl (C=O) groups excluding carboxylic acids is 1. The van der Waals surface area contributed by atoms with E-state index in [1.807, 2.05) is 0 Å². The van der Waals surface area contributed by atoms with E-state index in [1.165, 1.54) is 24.3 Å². The molecule has 1 aromatic heterocycles. The summed E-state index contributed by atoms with van der Waals surface area (Å²) < 4.78 is 43.5. The monoisotopic (exact) mass is 311 g/mol. The number of nitrogens with one attached hydrogen (secondary N) is 2. The highest BCUT2D eigenvalue weighted by Crippen LogP contribution is 2.40. The highest BCUT2D eigenvalue weighted by Gasteiger charge is 2.33. The van der Waals surface area contributed by atoms with Crippen LogP contribution in [-0.4, -0.2) is 11.1 Å². The van der Waals surface area contributed by atoms with Crippen LogP contribution in [0.2, 0.25) is 0 Å². The molecule has 0 atom stereocenters. The number of nitrogens with zero attached hydrogens (tertiary/aromatic N) is 1. The number of hydrogen-bond donors (Lipinski definition) is 2. The van der Waals surface area contributed by atoms with Gasteiger partial charge in [-0.05, 0) is 25.0 Å². The fourth-order valence-electron chi connectivity index (χ4n) is 1.98. The number of alkyl halides is 3. The second-order valence-electron chi connectivity index (χ2n) is 5.01. The van der Waals surface area contributed by atoms with E-state index in [0.29, 0.717) is 11.7 Å². The summed E-state index contributed by atoms with van der Waals surface area (Å²) in [6.07, 6.45) is -2.53. The normalized spacial score (nSPS) is 14.7. The fourth-order valence-corrected chi connectivity index (χ4v) is 1.98. The van der Waals surface area contributed by atoms with Gasteiger partial charge in [-0.25, -0.2) is 0 Å². The van der Waals surface area contributed by atoms with Gasteiger partial charge in [-0.1, -0.05) is 17.3 Å². The van der Waals surface area contributed by atoms with Crippen molar-refractivity contribution < 1.29 is 22.5 Å². The number of para-hydroxylation sites is 1. The van der Waals surface area contributed by atoms with Crippen molar-refractivity contribution >= 4 is 11.6 Å². The van der Waals surface area contributed by atoms with Gasteiger partial charge in [0.1, 0.15) is 5.76 Å². The zero-order chi connectivity index (χ0) is 15.7. The summed E-state index contributed by atoms with van der Waals surface area (Å²) in [7, 11) is 0. The zero-order valence-electron chi connectivity index (χ0n) is 11.3. The first kappa shape index (κ1) is 14.4. The number of hydrogen-bond acceptors (Lipinski definition) is 4. The van der Waals surface area contributed by atoms with Gasteiger partial charge in [0.2, 0.25) is 0 Å². The molecule has 1 heterocycles. The number of anilines is 1. The van der Waals surface area contributed by atoms with Crippen molar-refractivity contribution in [3.63, 3.8) is 0 Å². The molecular formula is C14H12F3N3O2. The number of halogens is 3. The lowest BCUT2D eigenvalue weighted by Crippen LogP contribution is -2.30. The SMILES string of the molecule is O=C(NNc1ccccc1C(F)(F)F)c1cc(C2CC2)on1. The Balaban J connectivity index is 1.68. The lowest BCUT2D eigenvalue weighted by Gasteiger charge is -2.14. The van der Waals surface area contributed by atoms with Crippen LogP contribution in [0.3, 0.4) is 0 Å². The molecule has 1 saturated carbocycles. The first-order chi connectivity index (χ1) is 10.4. The van der Waals surface area contributed by atoms with E-state index in [2.05, 4.69) is 16.0 Å². The van der Waals surface area contributed by atoms with Crippen molar-refractivity contribution in [2.24, 2.45) is 0 Å². The van der Waals surface area contributed by atoms with Gasteiger partial charge in [0.05, 0.1) is 11.3 Å². The molecule has 22 heavy (non-hydrogen) atoms. The Morgan fingerprint density at radius 3 is 2.68 bits per heavy atom. The molecule has 2 aromatic rings. The number of amides is 1. The summed E-state index contributed by atoms with van der Waals surface area (Å²) in [6.45, 7) is 0. The maximum Gasteiger partial charge on any atom is 0.418 e. The second kappa shape index (κ2) is 5.36. The van der Waals surface area contributed by atoms with E-state index in [0.717, 1.165) is 18.9 Å². The molecule has 0 aliphatic heterocycles. The Kier molecular flexibility index (Phi) is 3.51. The lowest BCUT2D eigenvalue weighted by molar-refractivity contribution is -0.137. The summed E-state index contributed by atoms with van der Waals surface area (Å²) in [5.41, 5.74) is 3.38. The van der Waals surface area contributed by atoms with Crippen molar-refractivity contribution in [3.8, 4) is 0 Å². The molecule has 1 fully saturated rings. The Hall–Kier alpha value is -2.51. The molecule has 3 rings (SSSR count). The van der Waals surface area contributed by atoms with Gasteiger partial charge in [0.25, 0.3) is 5.91 Å². The minimum atomic E-state index is -4.51. The van der Waals surface area contributed by atoms with Gasteiger partial charge in [-0.3, -0.25) is 15.6 Å². The Morgan fingerprint density at radius 1 is 1.27 bits per heavy atom. The first-order valence-electron chi connectivity index (χ1n) is 6.64. The van der Waals surface area contributed by atoms with Crippen molar-refractivity contribution in [1.29, 1.82) is 0 Å². The van der Waals surface area contributed by atoms with Crippen LogP contribution in [-0.2, 0) is 6.18 Å². The third-order valence-electron chi connectivity index (χ3n) is 3.28. The molecule has 116 valence electrons. The molecule has 0 bridgehead atoms. The Bertz CT molecular complexity index is 693. The van der Waals surface area contributed by atoms with E-state index in [4.69, 9.17) is 4.52 Å². The summed E-state index contributed by atoms with van der Waals surface area (Å²) >= 11 is 0. The standard InChI is InChI=1S/C14H12F3N3O2/c15-14(16,17)9-3-1-2-4-10(9)18-19-13(21)11-7-12(22-20-11)8-5-6-8/h1-4,7-8,18H,5-6H2,(H,19,21). The largest absolute Gasteiger partial charge is 0.418 e. The molecule has 1 amide bonds. The van der Waals surface area contributed by atoms with E-state index in [1.54, 1.807) is 0 Å². The quantitative estimate of drug-likeness (QED) is 0.850. The van der Waals surface area contributed by atoms with E-state index in [9.17, 15) is 18.0 Å². The third-order valence-corrected chi connectivity index (χ3v) is 3.28. The van der Waals surface area contributed by atoms with Gasteiger partial charge < -0.3 is 4.52 Å². The topological polar surface area (TPSA) is 67.2 Å². The summed E-state index contributed by atoms with van der Waals surface area (Å²) in [4.78, 5) is 11.9. The van der Waals surface area contributed by atoms with Crippen molar-refractivity contribution in [3.05, 3.63) is 47.3 Å². The number of hydrazine groups is 1. The van der Waals surface area contributed by atoms with Crippen LogP contribution in [0.1, 0.15) is 40.6 Å². The summed E-state index contributed by atoms with van der Waals surface area (Å²) in [6, 6.07) is 6.36. The number of benzene rings is 1. The minimum Gasteiger partial charge on any atom is -0.360 e. The van der Waals surface area contributed by atoms with Crippen LogP contribution in [0.5, 0.6) is 0 Å². The van der Waals surface area contributed by atoms with Crippen molar-refractivity contribution in [1.82, 2.24) is 10.6 Å². The van der Waals surface area contributed by atoms with Crippen LogP contribution >= 0.6 is 0 Å². The van der Waals surface area contributed by atoms with Crippen LogP contribution in [0.15, 0.2) is 34.9 Å². The van der Waals surface area contributed by atoms with E-state index < -0.39 is 17.6 Å². The molecular weight excluding hydrogens is 299 g/mol. The van der Waals surface area contributed by atoms with Crippen LogP contribution in [0.25, 0.3) is 0 Å². The summed E-state index contributed by atoms with van der Waals surface area (Å²) in [5.74, 6) is 0.265. The minimum absolute atomic E-state index is 0.0267. The molecule has 1 aromatic carbocycles. The van der Waals surface area contributed by atoms with Gasteiger partial charge >= 0.3 is 6.18 Å². The predicted octanol–water partition coefficient (Wildman–Crippen LogP) is 3.33. The first-order valence-corrected chi connectivity index (χ1v) is 6.64. The Morgan fingerprint density at radius 2 is 2.00 bits per heavy atom. The molecule has 0 spiro atoms. The highest BCUT2D eigenvalue weighted by atomic mass is 19.4. The molecule has 8 heteroatoms. The Labute approximate surface area is 123 Å². The molecule has 2 N–H and O–H groups in total. The summed E-state index contributed by atoms with van der Waals surface area (Å²) in [5, 5.41) is 3.61. The third kappa shape index (κ3) is 3.05. The average Bonchev–Trinajstić information content (AvgIpc) is 3.21. The second-order valence-corrected chi connectivity index (χ2v) is 5.01. The number of carbonyl (C=O) groups is 1. The molecule has 1 aliphatic rings. The zero-order valence-corrected chi connectivity index (χ0v) is 11.3. The van der Waals surface area contributed by atoms with Gasteiger partial charge in [0, 0.05) is 12.0 Å². The fraction of sp³-hybridized carbons (Fsp3) is 0.286. The smallest absolute Gasteiger partial charge is 0.360 e. The van der Waals surface area contributed by atoms with Crippen LogP contribution in [0, 0.1) is 0 Å². The van der Waals surface area contributed by atoms with Crippen molar-refractivity contribution in [2.45, 2.75) is 24.9 Å². The molecule has 0 radical (unpaired) electrons. The predicted molar refractivity (Wildman–Crippen MR) is 71.0 cm³/mol. The van der Waals surface area contributed by atoms with E-state index in [-0.39, 0.29) is 11.4 Å². The molecule has 0 unspecified atom stereocenters. The number of rotatable bonds is 4. The number of aromatic nitrogens is 1. The highest BCUT2D eigenvalue weighted by molar-refractivity contribution is 5.93. The maximum absolute atomic E-state index is 12.8. The van der Waals surface area contributed by atoms with Gasteiger partial charge in [0.15, 0.2) is 5.69 Å². The van der Waals surface area contributed by atoms with E-state index >= 15 is 0 Å². The average molecular weight is 311 g/mol. The van der Waals surface area contributed by atoms with Crippen LogP contribution in [0.4, 0.5) is 18.9 Å². The molecule has 0 saturated heterocycles.